The van der Waals surface area contributed by atoms with Crippen LogP contribution in [0.5, 0.6) is 0 Å². The summed E-state index contributed by atoms with van der Waals surface area (Å²) in [6, 6.07) is 4.66. The summed E-state index contributed by atoms with van der Waals surface area (Å²) in [5.41, 5.74) is 0.326. The number of likely N-dealkylation sites (N-methyl/N-ethyl adjacent to an activating group) is 1. The number of hydrogen-bond donors (Lipinski definition) is 2. The highest BCUT2D eigenvalue weighted by Gasteiger charge is 2.30. The molecule has 1 amide bonds. The van der Waals surface area contributed by atoms with Crippen LogP contribution in [0.4, 0.5) is 10.1 Å². The van der Waals surface area contributed by atoms with E-state index < -0.39 is 23.7 Å². The number of hydrogen-bond acceptors (Lipinski definition) is 4. The Morgan fingerprint density at radius 2 is 2.00 bits per heavy atom. The standard InChI is InChI=1S/C15H20FN3O3/c1-18-5-7-19(8-6-18)13(15(21)22)10-14(20)17-12-4-2-3-11(16)9-12/h2-4,9,13H,5-8,10H2,1H3,(H,17,20)(H,21,22)/t13-/m1/s1. The summed E-state index contributed by atoms with van der Waals surface area (Å²) in [4.78, 5) is 27.4. The molecule has 0 saturated carbocycles. The Balaban J connectivity index is 1.95. The predicted molar refractivity (Wildman–Crippen MR) is 80.1 cm³/mol. The van der Waals surface area contributed by atoms with Gasteiger partial charge in [-0.3, -0.25) is 14.5 Å². The number of anilines is 1. The lowest BCUT2D eigenvalue weighted by Crippen LogP contribution is -2.52. The third-order valence-electron chi connectivity index (χ3n) is 3.75. The number of amides is 1. The fourth-order valence-corrected chi connectivity index (χ4v) is 2.46. The normalized spacial score (nSPS) is 17.9. The summed E-state index contributed by atoms with van der Waals surface area (Å²) < 4.78 is 13.1. The van der Waals surface area contributed by atoms with Crippen LogP contribution in [0.2, 0.25) is 0 Å². The van der Waals surface area contributed by atoms with E-state index in [1.54, 1.807) is 11.0 Å². The van der Waals surface area contributed by atoms with E-state index in [0.29, 0.717) is 18.8 Å². The molecule has 7 heteroatoms. The molecule has 22 heavy (non-hydrogen) atoms. The molecular weight excluding hydrogens is 289 g/mol. The third-order valence-corrected chi connectivity index (χ3v) is 3.75. The molecule has 1 heterocycles. The molecule has 2 N–H and O–H groups in total. The summed E-state index contributed by atoms with van der Waals surface area (Å²) in [6.45, 7) is 2.77. The average molecular weight is 309 g/mol. The van der Waals surface area contributed by atoms with Gasteiger partial charge in [0.05, 0.1) is 6.42 Å². The Bertz CT molecular complexity index is 545. The molecule has 2 rings (SSSR count). The molecule has 1 atom stereocenters. The van der Waals surface area contributed by atoms with Crippen molar-refractivity contribution in [1.82, 2.24) is 9.80 Å². The van der Waals surface area contributed by atoms with Gasteiger partial charge in [0.1, 0.15) is 11.9 Å². The number of halogens is 1. The second-order valence-corrected chi connectivity index (χ2v) is 5.46. The molecule has 1 aromatic rings. The van der Waals surface area contributed by atoms with Crippen molar-refractivity contribution in [2.24, 2.45) is 0 Å². The molecule has 0 aromatic heterocycles. The zero-order valence-corrected chi connectivity index (χ0v) is 12.5. The first-order valence-corrected chi connectivity index (χ1v) is 7.16. The van der Waals surface area contributed by atoms with E-state index in [-0.39, 0.29) is 6.42 Å². The highest BCUT2D eigenvalue weighted by atomic mass is 19.1. The fraction of sp³-hybridized carbons (Fsp3) is 0.467. The topological polar surface area (TPSA) is 72.9 Å². The summed E-state index contributed by atoms with van der Waals surface area (Å²) in [7, 11) is 1.98. The Labute approximate surface area is 128 Å². The Hall–Kier alpha value is -1.99. The number of carboxylic acid groups (broad SMARTS) is 1. The molecule has 0 spiro atoms. The minimum Gasteiger partial charge on any atom is -0.480 e. The van der Waals surface area contributed by atoms with E-state index in [9.17, 15) is 19.1 Å². The van der Waals surface area contributed by atoms with Crippen molar-refractivity contribution < 1.29 is 19.1 Å². The van der Waals surface area contributed by atoms with Crippen LogP contribution in [0.1, 0.15) is 6.42 Å². The van der Waals surface area contributed by atoms with Gasteiger partial charge >= 0.3 is 5.97 Å². The van der Waals surface area contributed by atoms with Gasteiger partial charge in [0.2, 0.25) is 5.91 Å². The average Bonchev–Trinajstić information content (AvgIpc) is 2.45. The van der Waals surface area contributed by atoms with Gasteiger partial charge in [0.25, 0.3) is 0 Å². The predicted octanol–water partition coefficient (Wildman–Crippen LogP) is 0.855. The van der Waals surface area contributed by atoms with Crippen LogP contribution in [-0.4, -0.2) is 66.1 Å². The summed E-state index contributed by atoms with van der Waals surface area (Å²) in [6.07, 6.45) is -0.157. The van der Waals surface area contributed by atoms with E-state index in [4.69, 9.17) is 0 Å². The number of carbonyl (C=O) groups excluding carboxylic acids is 1. The molecule has 1 aliphatic rings. The second kappa shape index (κ2) is 7.33. The monoisotopic (exact) mass is 309 g/mol. The van der Waals surface area contributed by atoms with Crippen LogP contribution in [0.3, 0.4) is 0 Å². The maximum Gasteiger partial charge on any atom is 0.321 e. The lowest BCUT2D eigenvalue weighted by atomic mass is 10.1. The van der Waals surface area contributed by atoms with E-state index >= 15 is 0 Å². The number of benzene rings is 1. The minimum absolute atomic E-state index is 0.157. The van der Waals surface area contributed by atoms with Gasteiger partial charge < -0.3 is 15.3 Å². The molecule has 0 radical (unpaired) electrons. The molecule has 120 valence electrons. The maximum absolute atomic E-state index is 13.1. The van der Waals surface area contributed by atoms with Crippen LogP contribution >= 0.6 is 0 Å². The van der Waals surface area contributed by atoms with E-state index in [1.165, 1.54) is 18.2 Å². The van der Waals surface area contributed by atoms with Crippen molar-refractivity contribution >= 4 is 17.6 Å². The van der Waals surface area contributed by atoms with Crippen molar-refractivity contribution in [2.45, 2.75) is 12.5 Å². The van der Waals surface area contributed by atoms with Crippen molar-refractivity contribution in [3.8, 4) is 0 Å². The molecule has 1 saturated heterocycles. The van der Waals surface area contributed by atoms with Crippen LogP contribution in [0.15, 0.2) is 24.3 Å². The minimum atomic E-state index is -1.01. The van der Waals surface area contributed by atoms with Crippen LogP contribution in [0.25, 0.3) is 0 Å². The molecule has 0 aliphatic carbocycles. The molecule has 1 aromatic carbocycles. The largest absolute Gasteiger partial charge is 0.480 e. The molecule has 0 unspecified atom stereocenters. The lowest BCUT2D eigenvalue weighted by Gasteiger charge is -2.35. The highest BCUT2D eigenvalue weighted by Crippen LogP contribution is 2.13. The molecule has 1 aliphatic heterocycles. The molecule has 6 nitrogen and oxygen atoms in total. The van der Waals surface area contributed by atoms with E-state index in [0.717, 1.165) is 13.1 Å². The van der Waals surface area contributed by atoms with Gasteiger partial charge in [-0.25, -0.2) is 4.39 Å². The van der Waals surface area contributed by atoms with E-state index in [2.05, 4.69) is 10.2 Å². The maximum atomic E-state index is 13.1. The lowest BCUT2D eigenvalue weighted by molar-refractivity contribution is -0.145. The Morgan fingerprint density at radius 1 is 1.32 bits per heavy atom. The van der Waals surface area contributed by atoms with E-state index in [1.807, 2.05) is 7.05 Å². The first-order valence-electron chi connectivity index (χ1n) is 7.16. The SMILES string of the molecule is CN1CCN([C@H](CC(=O)Nc2cccc(F)c2)C(=O)O)CC1. The zero-order chi connectivity index (χ0) is 16.1. The zero-order valence-electron chi connectivity index (χ0n) is 12.5. The highest BCUT2D eigenvalue weighted by molar-refractivity contribution is 5.94. The number of carbonyl (C=O) groups is 2. The van der Waals surface area contributed by atoms with Crippen molar-refractivity contribution in [3.63, 3.8) is 0 Å². The summed E-state index contributed by atoms with van der Waals surface area (Å²) >= 11 is 0. The van der Waals surface area contributed by atoms with Gasteiger partial charge in [0, 0.05) is 31.9 Å². The Kier molecular flexibility index (Phi) is 5.46. The quantitative estimate of drug-likeness (QED) is 0.844. The smallest absolute Gasteiger partial charge is 0.321 e. The van der Waals surface area contributed by atoms with Gasteiger partial charge in [-0.2, -0.15) is 0 Å². The molecular formula is C15H20FN3O3. The second-order valence-electron chi connectivity index (χ2n) is 5.46. The van der Waals surface area contributed by atoms with Crippen LogP contribution in [-0.2, 0) is 9.59 Å². The van der Waals surface area contributed by atoms with Gasteiger partial charge in [0.15, 0.2) is 0 Å². The van der Waals surface area contributed by atoms with Crippen LogP contribution in [0, 0.1) is 5.82 Å². The number of nitrogens with one attached hydrogen (secondary N) is 1. The van der Waals surface area contributed by atoms with Crippen LogP contribution < -0.4 is 5.32 Å². The molecule has 1 fully saturated rings. The van der Waals surface area contributed by atoms with Crippen molar-refractivity contribution in [3.05, 3.63) is 30.1 Å². The fourth-order valence-electron chi connectivity index (χ4n) is 2.46. The first kappa shape index (κ1) is 16.4. The number of rotatable bonds is 5. The number of carboxylic acids is 1. The van der Waals surface area contributed by atoms with Gasteiger partial charge in [-0.15, -0.1) is 0 Å². The Morgan fingerprint density at radius 3 is 2.59 bits per heavy atom. The molecule has 0 bridgehead atoms. The van der Waals surface area contributed by atoms with Crippen molar-refractivity contribution in [1.29, 1.82) is 0 Å². The van der Waals surface area contributed by atoms with Gasteiger partial charge in [-0.05, 0) is 25.2 Å². The van der Waals surface area contributed by atoms with Gasteiger partial charge in [-0.1, -0.05) is 6.07 Å². The summed E-state index contributed by atoms with van der Waals surface area (Å²) in [5, 5.41) is 11.9. The van der Waals surface area contributed by atoms with Crippen molar-refractivity contribution in [2.75, 3.05) is 38.5 Å². The number of piperazine rings is 1. The number of nitrogens with zero attached hydrogens (tertiary/aromatic N) is 2. The summed E-state index contributed by atoms with van der Waals surface area (Å²) in [5.74, 6) is -1.90. The number of aliphatic carboxylic acids is 1. The third kappa shape index (κ3) is 4.51. The first-order chi connectivity index (χ1) is 10.5.